The summed E-state index contributed by atoms with van der Waals surface area (Å²) in [5.74, 6) is -0.618. The van der Waals surface area contributed by atoms with Crippen molar-refractivity contribution in [1.29, 1.82) is 0 Å². The summed E-state index contributed by atoms with van der Waals surface area (Å²) >= 11 is 0. The maximum Gasteiger partial charge on any atom is 0.339 e. The van der Waals surface area contributed by atoms with E-state index >= 15 is 0 Å². The molecule has 5 heteroatoms. The number of benzene rings is 1. The molecule has 0 aliphatic carbocycles. The summed E-state index contributed by atoms with van der Waals surface area (Å²) in [5.41, 5.74) is 1.39. The number of aromatic hydroxyl groups is 1. The second-order valence-electron chi connectivity index (χ2n) is 3.92. The minimum absolute atomic E-state index is 0.103. The van der Waals surface area contributed by atoms with Crippen LogP contribution in [0.1, 0.15) is 10.4 Å². The second-order valence-corrected chi connectivity index (χ2v) is 3.92. The number of nitrogens with one attached hydrogen (secondary N) is 1. The third-order valence-electron chi connectivity index (χ3n) is 2.75. The average molecular weight is 243 g/mol. The van der Waals surface area contributed by atoms with Crippen LogP contribution in [0.3, 0.4) is 0 Å². The van der Waals surface area contributed by atoms with E-state index in [1.807, 2.05) is 0 Å². The molecule has 90 valence electrons. The highest BCUT2D eigenvalue weighted by Gasteiger charge is 2.16. The van der Waals surface area contributed by atoms with Crippen molar-refractivity contribution in [3.63, 3.8) is 0 Å². The highest BCUT2D eigenvalue weighted by Crippen LogP contribution is 2.29. The highest BCUT2D eigenvalue weighted by molar-refractivity contribution is 5.96. The molecule has 0 saturated carbocycles. The van der Waals surface area contributed by atoms with E-state index in [4.69, 9.17) is 9.52 Å². The molecule has 0 atom stereocenters. The van der Waals surface area contributed by atoms with E-state index in [9.17, 15) is 9.90 Å². The number of carbonyl (C=O) groups is 1. The van der Waals surface area contributed by atoms with Crippen LogP contribution in [0, 0.1) is 0 Å². The maximum absolute atomic E-state index is 11.0. The molecule has 2 heterocycles. The van der Waals surface area contributed by atoms with E-state index in [0.29, 0.717) is 5.69 Å². The number of phenols is 1. The Bertz CT molecular complexity index is 738. The predicted molar refractivity (Wildman–Crippen MR) is 64.6 cm³/mol. The summed E-state index contributed by atoms with van der Waals surface area (Å²) in [6.45, 7) is 0. The molecule has 0 bridgehead atoms. The molecule has 3 aromatic rings. The van der Waals surface area contributed by atoms with E-state index in [0.717, 1.165) is 10.9 Å². The van der Waals surface area contributed by atoms with Crippen LogP contribution in [0.15, 0.2) is 41.0 Å². The lowest BCUT2D eigenvalue weighted by molar-refractivity contribution is 0.0697. The van der Waals surface area contributed by atoms with Crippen LogP contribution in [0.5, 0.6) is 5.75 Å². The first-order chi connectivity index (χ1) is 8.65. The van der Waals surface area contributed by atoms with Gasteiger partial charge in [-0.3, -0.25) is 0 Å². The molecule has 5 nitrogen and oxygen atoms in total. The van der Waals surface area contributed by atoms with Crippen LogP contribution in [0.25, 0.3) is 22.4 Å². The first-order valence-corrected chi connectivity index (χ1v) is 5.28. The van der Waals surface area contributed by atoms with E-state index in [2.05, 4.69) is 4.98 Å². The number of fused-ring (bicyclic) bond motifs is 1. The van der Waals surface area contributed by atoms with E-state index in [-0.39, 0.29) is 17.1 Å². The fourth-order valence-corrected chi connectivity index (χ4v) is 1.92. The van der Waals surface area contributed by atoms with Gasteiger partial charge in [-0.15, -0.1) is 0 Å². The van der Waals surface area contributed by atoms with Crippen LogP contribution < -0.4 is 0 Å². The number of furan rings is 1. The van der Waals surface area contributed by atoms with Gasteiger partial charge >= 0.3 is 5.97 Å². The number of carboxylic acid groups (broad SMARTS) is 1. The number of aromatic amines is 1. The molecule has 0 saturated heterocycles. The molecule has 3 N–H and O–H groups in total. The Balaban J connectivity index is 2.19. The third-order valence-corrected chi connectivity index (χ3v) is 2.75. The monoisotopic (exact) mass is 243 g/mol. The number of aromatic nitrogens is 1. The van der Waals surface area contributed by atoms with Crippen LogP contribution in [-0.2, 0) is 0 Å². The van der Waals surface area contributed by atoms with Gasteiger partial charge in [0.1, 0.15) is 11.3 Å². The number of aromatic carboxylic acids is 1. The molecule has 0 aliphatic rings. The zero-order chi connectivity index (χ0) is 12.7. The fraction of sp³-hybridized carbons (Fsp3) is 0. The van der Waals surface area contributed by atoms with Gasteiger partial charge in [-0.05, 0) is 24.3 Å². The van der Waals surface area contributed by atoms with E-state index in [1.54, 1.807) is 24.3 Å². The van der Waals surface area contributed by atoms with Gasteiger partial charge < -0.3 is 19.6 Å². The lowest BCUT2D eigenvalue weighted by Gasteiger charge is -1.94. The van der Waals surface area contributed by atoms with Crippen molar-refractivity contribution >= 4 is 16.9 Å². The third kappa shape index (κ3) is 1.53. The summed E-state index contributed by atoms with van der Waals surface area (Å²) < 4.78 is 5.20. The Labute approximate surface area is 101 Å². The lowest BCUT2D eigenvalue weighted by atomic mass is 10.2. The molecule has 0 radical (unpaired) electrons. The minimum Gasteiger partial charge on any atom is -0.508 e. The first kappa shape index (κ1) is 10.5. The van der Waals surface area contributed by atoms with Gasteiger partial charge in [0.25, 0.3) is 0 Å². The number of H-pyrrole nitrogens is 1. The van der Waals surface area contributed by atoms with E-state index < -0.39 is 5.97 Å². The molecule has 0 fully saturated rings. The van der Waals surface area contributed by atoms with Crippen molar-refractivity contribution in [2.75, 3.05) is 0 Å². The quantitative estimate of drug-likeness (QED) is 0.645. The second kappa shape index (κ2) is 3.66. The van der Waals surface area contributed by atoms with Crippen molar-refractivity contribution in [3.8, 4) is 17.2 Å². The average Bonchev–Trinajstić information content (AvgIpc) is 2.93. The zero-order valence-electron chi connectivity index (χ0n) is 9.18. The summed E-state index contributed by atoms with van der Waals surface area (Å²) in [6.07, 6.45) is 1.34. The summed E-state index contributed by atoms with van der Waals surface area (Å²) in [7, 11) is 0. The van der Waals surface area contributed by atoms with Gasteiger partial charge in [0.2, 0.25) is 0 Å². The Morgan fingerprint density at radius 3 is 2.83 bits per heavy atom. The summed E-state index contributed by atoms with van der Waals surface area (Å²) in [4.78, 5) is 14.0. The molecule has 0 aliphatic heterocycles. The van der Waals surface area contributed by atoms with Crippen LogP contribution in [0.2, 0.25) is 0 Å². The number of hydrogen-bond donors (Lipinski definition) is 3. The molecule has 18 heavy (non-hydrogen) atoms. The van der Waals surface area contributed by atoms with Gasteiger partial charge in [-0.2, -0.15) is 0 Å². The van der Waals surface area contributed by atoms with E-state index in [1.165, 1.54) is 12.3 Å². The Hall–Kier alpha value is -2.69. The molecule has 3 rings (SSSR count). The van der Waals surface area contributed by atoms with Crippen LogP contribution >= 0.6 is 0 Å². The lowest BCUT2D eigenvalue weighted by Crippen LogP contribution is -1.95. The number of carboxylic acids is 1. The molecule has 1 aromatic carbocycles. The Morgan fingerprint density at radius 2 is 2.06 bits per heavy atom. The van der Waals surface area contributed by atoms with Crippen LogP contribution in [0.4, 0.5) is 0 Å². The van der Waals surface area contributed by atoms with Gasteiger partial charge in [-0.1, -0.05) is 0 Å². The number of hydrogen-bond acceptors (Lipinski definition) is 3. The van der Waals surface area contributed by atoms with Gasteiger partial charge in [-0.25, -0.2) is 4.79 Å². The van der Waals surface area contributed by atoms with Crippen molar-refractivity contribution in [1.82, 2.24) is 4.98 Å². The SMILES string of the molecule is O=C(O)c1ccoc1-c1cc2ccc(O)cc2[nH]1. The van der Waals surface area contributed by atoms with Crippen molar-refractivity contribution in [3.05, 3.63) is 42.2 Å². The van der Waals surface area contributed by atoms with Gasteiger partial charge in [0.05, 0.1) is 12.0 Å². The topological polar surface area (TPSA) is 86.5 Å². The largest absolute Gasteiger partial charge is 0.508 e. The van der Waals surface area contributed by atoms with Gasteiger partial charge in [0.15, 0.2) is 5.76 Å². The molecular weight excluding hydrogens is 234 g/mol. The number of rotatable bonds is 2. The maximum atomic E-state index is 11.0. The Morgan fingerprint density at radius 1 is 1.22 bits per heavy atom. The summed E-state index contributed by atoms with van der Waals surface area (Å²) in [5, 5.41) is 19.3. The van der Waals surface area contributed by atoms with Gasteiger partial charge in [0, 0.05) is 17.0 Å². The molecule has 2 aromatic heterocycles. The standard InChI is InChI=1S/C13H9NO4/c15-8-2-1-7-5-11(14-10(7)6-8)12-9(13(16)17)3-4-18-12/h1-6,14-15H,(H,16,17). The van der Waals surface area contributed by atoms with Crippen LogP contribution in [-0.4, -0.2) is 21.2 Å². The minimum atomic E-state index is -1.04. The smallest absolute Gasteiger partial charge is 0.339 e. The highest BCUT2D eigenvalue weighted by atomic mass is 16.4. The first-order valence-electron chi connectivity index (χ1n) is 5.28. The summed E-state index contributed by atoms with van der Waals surface area (Å²) in [6, 6.07) is 8.07. The molecule has 0 amide bonds. The fourth-order valence-electron chi connectivity index (χ4n) is 1.92. The zero-order valence-corrected chi connectivity index (χ0v) is 9.18. The molecular formula is C13H9NO4. The number of phenolic OH excluding ortho intramolecular Hbond substituents is 1. The van der Waals surface area contributed by atoms with Crippen molar-refractivity contribution < 1.29 is 19.4 Å². The molecule has 0 unspecified atom stereocenters. The Kier molecular flexibility index (Phi) is 2.13. The molecule has 0 spiro atoms. The van der Waals surface area contributed by atoms with Crippen molar-refractivity contribution in [2.45, 2.75) is 0 Å². The normalized spacial score (nSPS) is 10.9. The van der Waals surface area contributed by atoms with Crippen molar-refractivity contribution in [2.24, 2.45) is 0 Å². The predicted octanol–water partition coefficient (Wildman–Crippen LogP) is 2.83.